The molecule has 0 amide bonds. The normalized spacial score (nSPS) is 11.6. The van der Waals surface area contributed by atoms with Gasteiger partial charge in [-0.15, -0.1) is 0 Å². The Morgan fingerprint density at radius 2 is 1.72 bits per heavy atom. The van der Waals surface area contributed by atoms with E-state index in [0.717, 1.165) is 49.7 Å². The summed E-state index contributed by atoms with van der Waals surface area (Å²) in [6.45, 7) is 1.98. The quantitative estimate of drug-likeness (QED) is 0.449. The van der Waals surface area contributed by atoms with E-state index in [9.17, 15) is 5.11 Å². The molecule has 0 aliphatic heterocycles. The number of aromatic nitrogens is 4. The van der Waals surface area contributed by atoms with E-state index in [1.54, 1.807) is 12.1 Å². The predicted molar refractivity (Wildman–Crippen MR) is 98.5 cm³/mol. The van der Waals surface area contributed by atoms with Crippen LogP contribution in [-0.4, -0.2) is 25.3 Å². The van der Waals surface area contributed by atoms with Gasteiger partial charge >= 0.3 is 0 Å². The Bertz CT molecular complexity index is 1260. The molecule has 0 unspecified atom stereocenters. The highest BCUT2D eigenvalue weighted by atomic mass is 16.3. The van der Waals surface area contributed by atoms with Gasteiger partial charge in [-0.3, -0.25) is 10.1 Å². The first-order valence-corrected chi connectivity index (χ1v) is 8.04. The van der Waals surface area contributed by atoms with Gasteiger partial charge in [-0.1, -0.05) is 18.2 Å². The second-order valence-electron chi connectivity index (χ2n) is 6.10. The summed E-state index contributed by atoms with van der Waals surface area (Å²) in [5.41, 5.74) is 4.36. The van der Waals surface area contributed by atoms with Gasteiger partial charge in [-0.05, 0) is 37.3 Å². The monoisotopic (exact) mass is 326 g/mol. The number of hydrogen-bond donors (Lipinski definition) is 2. The Kier molecular flexibility index (Phi) is 2.79. The zero-order valence-electron chi connectivity index (χ0n) is 13.5. The summed E-state index contributed by atoms with van der Waals surface area (Å²) >= 11 is 0. The van der Waals surface area contributed by atoms with E-state index in [0.29, 0.717) is 0 Å². The molecule has 0 atom stereocenters. The van der Waals surface area contributed by atoms with Gasteiger partial charge in [-0.25, -0.2) is 4.98 Å². The highest BCUT2D eigenvalue weighted by molar-refractivity contribution is 6.21. The maximum atomic E-state index is 9.58. The Balaban J connectivity index is 2.02. The molecule has 25 heavy (non-hydrogen) atoms. The molecular formula is C20H14N4O. The number of pyridine rings is 2. The second-order valence-corrected chi connectivity index (χ2v) is 6.10. The van der Waals surface area contributed by atoms with Crippen LogP contribution in [0, 0.1) is 6.92 Å². The molecule has 0 bridgehead atoms. The first-order valence-electron chi connectivity index (χ1n) is 8.04. The van der Waals surface area contributed by atoms with Crippen molar-refractivity contribution in [3.05, 3.63) is 60.4 Å². The largest absolute Gasteiger partial charge is 0.508 e. The molecule has 2 aromatic carbocycles. The van der Waals surface area contributed by atoms with Gasteiger partial charge < -0.3 is 5.11 Å². The fraction of sp³-hybridized carbons (Fsp3) is 0.0500. The number of para-hydroxylation sites is 1. The molecule has 5 nitrogen and oxygen atoms in total. The van der Waals surface area contributed by atoms with Crippen molar-refractivity contribution in [2.75, 3.05) is 0 Å². The van der Waals surface area contributed by atoms with Crippen molar-refractivity contribution < 1.29 is 5.11 Å². The summed E-state index contributed by atoms with van der Waals surface area (Å²) in [6.07, 6.45) is 1.87. The lowest BCUT2D eigenvalue weighted by Gasteiger charge is -2.10. The third-order valence-corrected chi connectivity index (χ3v) is 4.57. The number of aromatic hydroxyl groups is 1. The molecule has 0 fully saturated rings. The maximum absolute atomic E-state index is 9.58. The van der Waals surface area contributed by atoms with Crippen LogP contribution in [0.5, 0.6) is 5.75 Å². The minimum absolute atomic E-state index is 0.232. The van der Waals surface area contributed by atoms with E-state index in [1.165, 1.54) is 0 Å². The molecule has 0 saturated heterocycles. The van der Waals surface area contributed by atoms with Crippen LogP contribution >= 0.6 is 0 Å². The fourth-order valence-corrected chi connectivity index (χ4v) is 3.40. The molecule has 3 aromatic heterocycles. The Labute approximate surface area is 143 Å². The Morgan fingerprint density at radius 3 is 2.56 bits per heavy atom. The van der Waals surface area contributed by atoms with E-state index in [1.807, 2.05) is 43.5 Å². The van der Waals surface area contributed by atoms with E-state index in [4.69, 9.17) is 4.98 Å². The van der Waals surface area contributed by atoms with E-state index < -0.39 is 0 Å². The van der Waals surface area contributed by atoms with Crippen LogP contribution in [-0.2, 0) is 0 Å². The van der Waals surface area contributed by atoms with Gasteiger partial charge in [0.15, 0.2) is 5.65 Å². The topological polar surface area (TPSA) is 74.7 Å². The van der Waals surface area contributed by atoms with Crippen molar-refractivity contribution in [1.29, 1.82) is 0 Å². The molecule has 5 aromatic rings. The summed E-state index contributed by atoms with van der Waals surface area (Å²) < 4.78 is 0. The summed E-state index contributed by atoms with van der Waals surface area (Å²) in [5.74, 6) is 0.232. The second kappa shape index (κ2) is 5.01. The lowest BCUT2D eigenvalue weighted by Crippen LogP contribution is -1.92. The third kappa shape index (κ3) is 1.99. The Hall–Kier alpha value is -3.47. The van der Waals surface area contributed by atoms with Crippen LogP contribution in [0.25, 0.3) is 44.0 Å². The van der Waals surface area contributed by atoms with Gasteiger partial charge in [0.2, 0.25) is 0 Å². The van der Waals surface area contributed by atoms with Crippen LogP contribution in [0.4, 0.5) is 0 Å². The summed E-state index contributed by atoms with van der Waals surface area (Å²) in [4.78, 5) is 9.41. The number of benzene rings is 2. The first-order chi connectivity index (χ1) is 12.2. The summed E-state index contributed by atoms with van der Waals surface area (Å²) in [7, 11) is 0. The zero-order chi connectivity index (χ0) is 17.0. The average molecular weight is 326 g/mol. The fourth-order valence-electron chi connectivity index (χ4n) is 3.40. The number of nitrogens with one attached hydrogen (secondary N) is 1. The molecule has 0 radical (unpaired) electrons. The molecule has 5 rings (SSSR count). The maximum Gasteiger partial charge on any atom is 0.156 e. The standard InChI is InChI=1S/C20H14N4O/c1-11-17-18-14-4-2-3-5-16(14)21-10-15(18)19(22-20(17)24-23-11)12-6-8-13(25)9-7-12/h2-10,25H,1H3,(H,22,23,24). The molecule has 0 aliphatic carbocycles. The highest BCUT2D eigenvalue weighted by Gasteiger charge is 2.16. The average Bonchev–Trinajstić information content (AvgIpc) is 3.02. The van der Waals surface area contributed by atoms with Gasteiger partial charge in [-0.2, -0.15) is 5.10 Å². The minimum Gasteiger partial charge on any atom is -0.508 e. The van der Waals surface area contributed by atoms with E-state index in [2.05, 4.69) is 21.2 Å². The summed E-state index contributed by atoms with van der Waals surface area (Å²) in [5, 5.41) is 21.2. The molecule has 0 aliphatic rings. The van der Waals surface area contributed by atoms with Crippen molar-refractivity contribution >= 4 is 32.7 Å². The SMILES string of the molecule is Cc1n[nH]c2nc(-c3ccc(O)cc3)c3cnc4ccccc4c3c12. The van der Waals surface area contributed by atoms with Crippen molar-refractivity contribution in [2.24, 2.45) is 0 Å². The number of hydrogen-bond acceptors (Lipinski definition) is 4. The number of aryl methyl sites for hydroxylation is 1. The van der Waals surface area contributed by atoms with Crippen LogP contribution in [0.3, 0.4) is 0 Å². The van der Waals surface area contributed by atoms with Crippen molar-refractivity contribution in [3.63, 3.8) is 0 Å². The number of phenols is 1. The zero-order valence-corrected chi connectivity index (χ0v) is 13.5. The molecule has 120 valence electrons. The Morgan fingerprint density at radius 1 is 0.920 bits per heavy atom. The number of aromatic amines is 1. The van der Waals surface area contributed by atoms with Crippen LogP contribution in [0.15, 0.2) is 54.7 Å². The molecule has 5 heteroatoms. The first kappa shape index (κ1) is 13.9. The van der Waals surface area contributed by atoms with Crippen LogP contribution in [0.2, 0.25) is 0 Å². The highest BCUT2D eigenvalue weighted by Crippen LogP contribution is 2.36. The van der Waals surface area contributed by atoms with E-state index in [-0.39, 0.29) is 5.75 Å². The molecule has 3 heterocycles. The molecule has 0 saturated carbocycles. The van der Waals surface area contributed by atoms with Crippen LogP contribution in [0.1, 0.15) is 5.69 Å². The number of phenolic OH excluding ortho intramolecular Hbond substituents is 1. The summed E-state index contributed by atoms with van der Waals surface area (Å²) in [6, 6.07) is 15.2. The van der Waals surface area contributed by atoms with Crippen molar-refractivity contribution in [3.8, 4) is 17.0 Å². The minimum atomic E-state index is 0.232. The number of H-pyrrole nitrogens is 1. The van der Waals surface area contributed by atoms with Crippen LogP contribution < -0.4 is 0 Å². The van der Waals surface area contributed by atoms with Gasteiger partial charge in [0.25, 0.3) is 0 Å². The number of fused-ring (bicyclic) bond motifs is 5. The molecular weight excluding hydrogens is 312 g/mol. The molecule has 0 spiro atoms. The van der Waals surface area contributed by atoms with Gasteiger partial charge in [0, 0.05) is 27.9 Å². The number of rotatable bonds is 1. The van der Waals surface area contributed by atoms with Crippen molar-refractivity contribution in [1.82, 2.24) is 20.2 Å². The lowest BCUT2D eigenvalue weighted by molar-refractivity contribution is 0.475. The van der Waals surface area contributed by atoms with Gasteiger partial charge in [0.05, 0.1) is 22.3 Å². The third-order valence-electron chi connectivity index (χ3n) is 4.57. The van der Waals surface area contributed by atoms with E-state index >= 15 is 0 Å². The molecule has 2 N–H and O–H groups in total. The van der Waals surface area contributed by atoms with Crippen molar-refractivity contribution in [2.45, 2.75) is 6.92 Å². The number of nitrogens with zero attached hydrogens (tertiary/aromatic N) is 3. The predicted octanol–water partition coefficient (Wildman–Crippen LogP) is 4.34. The smallest absolute Gasteiger partial charge is 0.156 e. The van der Waals surface area contributed by atoms with Gasteiger partial charge in [0.1, 0.15) is 5.75 Å². The lowest BCUT2D eigenvalue weighted by atomic mass is 9.99.